The quantitative estimate of drug-likeness (QED) is 0.617. The Hall–Kier alpha value is -0.460. The van der Waals surface area contributed by atoms with Crippen molar-refractivity contribution in [2.24, 2.45) is 0 Å². The fourth-order valence-corrected chi connectivity index (χ4v) is 2.59. The first-order valence-corrected chi connectivity index (χ1v) is 8.10. The van der Waals surface area contributed by atoms with E-state index >= 15 is 0 Å². The summed E-state index contributed by atoms with van der Waals surface area (Å²) < 4.78 is 11.2. The van der Waals surface area contributed by atoms with Crippen molar-refractivity contribution in [2.75, 3.05) is 47.1 Å². The normalized spacial score (nSPS) is 12.8. The number of ether oxygens (including phenoxy) is 2. The molecule has 21 heavy (non-hydrogen) atoms. The van der Waals surface area contributed by atoms with E-state index in [1.165, 1.54) is 0 Å². The van der Waals surface area contributed by atoms with E-state index in [4.69, 9.17) is 9.47 Å². The smallest absolute Gasteiger partial charge is 0.0802 e. The third kappa shape index (κ3) is 7.93. The van der Waals surface area contributed by atoms with Crippen molar-refractivity contribution in [1.29, 1.82) is 0 Å². The topological polar surface area (TPSA) is 41.9 Å². The van der Waals surface area contributed by atoms with Crippen molar-refractivity contribution < 1.29 is 14.6 Å². The summed E-state index contributed by atoms with van der Waals surface area (Å²) >= 11 is 3.43. The van der Waals surface area contributed by atoms with E-state index in [1.54, 1.807) is 14.2 Å². The van der Waals surface area contributed by atoms with Gasteiger partial charge in [0.25, 0.3) is 0 Å². The minimum absolute atomic E-state index is 0.435. The summed E-state index contributed by atoms with van der Waals surface area (Å²) in [5.41, 5.74) is 0.952. The summed E-state index contributed by atoms with van der Waals surface area (Å²) in [6.45, 7) is 4.16. The van der Waals surface area contributed by atoms with Gasteiger partial charge >= 0.3 is 0 Å². The van der Waals surface area contributed by atoms with Gasteiger partial charge in [-0.15, -0.1) is 0 Å². The highest BCUT2D eigenvalue weighted by molar-refractivity contribution is 9.10. The van der Waals surface area contributed by atoms with Gasteiger partial charge < -0.3 is 19.5 Å². The molecule has 0 bridgehead atoms. The molecule has 0 aliphatic carbocycles. The molecule has 0 radical (unpaired) electrons. The standard InChI is InChI=1S/C16H26BrNO3/c1-20-11-4-8-18(10-12-21-2)9-7-16(19)14-5-3-6-15(17)13-14/h3,5-6,13,16,19H,4,7-12H2,1-2H3. The van der Waals surface area contributed by atoms with Crippen molar-refractivity contribution in [3.63, 3.8) is 0 Å². The highest BCUT2D eigenvalue weighted by atomic mass is 79.9. The molecule has 5 heteroatoms. The van der Waals surface area contributed by atoms with Crippen LogP contribution in [-0.4, -0.2) is 57.1 Å². The fraction of sp³-hybridized carbons (Fsp3) is 0.625. The predicted molar refractivity (Wildman–Crippen MR) is 88.5 cm³/mol. The van der Waals surface area contributed by atoms with Gasteiger partial charge in [0.05, 0.1) is 12.7 Å². The highest BCUT2D eigenvalue weighted by Gasteiger charge is 2.11. The molecule has 0 spiro atoms. The molecule has 1 unspecified atom stereocenters. The third-order valence-corrected chi connectivity index (χ3v) is 3.88. The zero-order valence-electron chi connectivity index (χ0n) is 12.9. The van der Waals surface area contributed by atoms with Gasteiger partial charge in [0.1, 0.15) is 0 Å². The summed E-state index contributed by atoms with van der Waals surface area (Å²) in [6.07, 6.45) is 1.27. The van der Waals surface area contributed by atoms with Gasteiger partial charge in [0.15, 0.2) is 0 Å². The maximum Gasteiger partial charge on any atom is 0.0802 e. The SMILES string of the molecule is COCCCN(CCOC)CCC(O)c1cccc(Br)c1. The van der Waals surface area contributed by atoms with Gasteiger partial charge in [-0.05, 0) is 30.5 Å². The number of benzene rings is 1. The number of aliphatic hydroxyl groups is 1. The van der Waals surface area contributed by atoms with Crippen molar-refractivity contribution in [3.8, 4) is 0 Å². The van der Waals surface area contributed by atoms with Crippen LogP contribution < -0.4 is 0 Å². The van der Waals surface area contributed by atoms with E-state index in [1.807, 2.05) is 24.3 Å². The van der Waals surface area contributed by atoms with Gasteiger partial charge in [-0.1, -0.05) is 28.1 Å². The summed E-state index contributed by atoms with van der Waals surface area (Å²) in [5.74, 6) is 0. The Kier molecular flexibility index (Phi) is 9.87. The van der Waals surface area contributed by atoms with E-state index in [0.717, 1.165) is 42.7 Å². The second kappa shape index (κ2) is 11.2. The van der Waals surface area contributed by atoms with Crippen molar-refractivity contribution >= 4 is 15.9 Å². The summed E-state index contributed by atoms with van der Waals surface area (Å²) in [7, 11) is 3.43. The molecule has 0 saturated heterocycles. The maximum absolute atomic E-state index is 10.3. The molecule has 0 fully saturated rings. The van der Waals surface area contributed by atoms with Crippen molar-refractivity contribution in [1.82, 2.24) is 4.90 Å². The maximum atomic E-state index is 10.3. The highest BCUT2D eigenvalue weighted by Crippen LogP contribution is 2.20. The zero-order valence-corrected chi connectivity index (χ0v) is 14.5. The number of hydrogen-bond acceptors (Lipinski definition) is 4. The van der Waals surface area contributed by atoms with Crippen LogP contribution in [0.1, 0.15) is 24.5 Å². The van der Waals surface area contributed by atoms with Gasteiger partial charge in [-0.25, -0.2) is 0 Å². The molecule has 0 heterocycles. The van der Waals surface area contributed by atoms with E-state index < -0.39 is 6.10 Å². The Labute approximate surface area is 136 Å². The molecule has 0 aliphatic rings. The lowest BCUT2D eigenvalue weighted by Crippen LogP contribution is -2.31. The second-order valence-electron chi connectivity index (χ2n) is 5.04. The fourth-order valence-electron chi connectivity index (χ4n) is 2.17. The number of halogens is 1. The molecule has 0 aromatic heterocycles. The average molecular weight is 360 g/mol. The molecule has 1 aromatic rings. The Bertz CT molecular complexity index is 390. The number of aliphatic hydroxyl groups excluding tert-OH is 1. The van der Waals surface area contributed by atoms with Crippen LogP contribution in [-0.2, 0) is 9.47 Å². The summed E-state index contributed by atoms with van der Waals surface area (Å²) in [5, 5.41) is 10.3. The predicted octanol–water partition coefficient (Wildman–Crippen LogP) is 2.86. The minimum atomic E-state index is -0.435. The van der Waals surface area contributed by atoms with Gasteiger partial charge in [0, 0.05) is 44.9 Å². The zero-order chi connectivity index (χ0) is 15.5. The lowest BCUT2D eigenvalue weighted by molar-refractivity contribution is 0.108. The van der Waals surface area contributed by atoms with Crippen LogP contribution in [0.3, 0.4) is 0 Å². The Morgan fingerprint density at radius 3 is 2.57 bits per heavy atom. The summed E-state index contributed by atoms with van der Waals surface area (Å²) in [6, 6.07) is 7.84. The molecule has 1 aromatic carbocycles. The Morgan fingerprint density at radius 2 is 1.90 bits per heavy atom. The molecule has 0 saturated carbocycles. The molecule has 120 valence electrons. The Balaban J connectivity index is 2.42. The van der Waals surface area contributed by atoms with Gasteiger partial charge in [0.2, 0.25) is 0 Å². The number of rotatable bonds is 11. The molecule has 0 aliphatic heterocycles. The van der Waals surface area contributed by atoms with Crippen LogP contribution in [0.25, 0.3) is 0 Å². The van der Waals surface area contributed by atoms with E-state index in [9.17, 15) is 5.11 Å². The van der Waals surface area contributed by atoms with Crippen LogP contribution in [0.5, 0.6) is 0 Å². The number of methoxy groups -OCH3 is 2. The average Bonchev–Trinajstić information content (AvgIpc) is 2.49. The lowest BCUT2D eigenvalue weighted by Gasteiger charge is -2.23. The molecular formula is C16H26BrNO3. The molecule has 1 rings (SSSR count). The van der Waals surface area contributed by atoms with Crippen LogP contribution in [0.15, 0.2) is 28.7 Å². The van der Waals surface area contributed by atoms with Crippen molar-refractivity contribution in [2.45, 2.75) is 18.9 Å². The minimum Gasteiger partial charge on any atom is -0.388 e. The van der Waals surface area contributed by atoms with Crippen LogP contribution in [0.4, 0.5) is 0 Å². The Morgan fingerprint density at radius 1 is 1.14 bits per heavy atom. The second-order valence-corrected chi connectivity index (χ2v) is 5.96. The van der Waals surface area contributed by atoms with Gasteiger partial charge in [-0.3, -0.25) is 0 Å². The van der Waals surface area contributed by atoms with E-state index in [-0.39, 0.29) is 0 Å². The first-order valence-electron chi connectivity index (χ1n) is 7.31. The lowest BCUT2D eigenvalue weighted by atomic mass is 10.1. The van der Waals surface area contributed by atoms with Crippen LogP contribution in [0.2, 0.25) is 0 Å². The third-order valence-electron chi connectivity index (χ3n) is 3.39. The number of hydrogen-bond donors (Lipinski definition) is 1. The van der Waals surface area contributed by atoms with E-state index in [2.05, 4.69) is 20.8 Å². The largest absolute Gasteiger partial charge is 0.388 e. The monoisotopic (exact) mass is 359 g/mol. The molecule has 1 N–H and O–H groups in total. The van der Waals surface area contributed by atoms with Crippen molar-refractivity contribution in [3.05, 3.63) is 34.3 Å². The molecule has 4 nitrogen and oxygen atoms in total. The number of nitrogens with zero attached hydrogens (tertiary/aromatic N) is 1. The van der Waals surface area contributed by atoms with Crippen LogP contribution >= 0.6 is 15.9 Å². The molecule has 1 atom stereocenters. The molecular weight excluding hydrogens is 334 g/mol. The summed E-state index contributed by atoms with van der Waals surface area (Å²) in [4.78, 5) is 2.31. The molecule has 0 amide bonds. The van der Waals surface area contributed by atoms with Crippen LogP contribution in [0, 0.1) is 0 Å². The van der Waals surface area contributed by atoms with Gasteiger partial charge in [-0.2, -0.15) is 0 Å². The first kappa shape index (κ1) is 18.6. The van der Waals surface area contributed by atoms with E-state index in [0.29, 0.717) is 13.0 Å². The first-order chi connectivity index (χ1) is 10.2.